The fraction of sp³-hybridized carbons (Fsp3) is 0.308. The summed E-state index contributed by atoms with van der Waals surface area (Å²) in [5.74, 6) is 0.960. The molecule has 3 aromatic carbocycles. The van der Waals surface area contributed by atoms with Crippen molar-refractivity contribution in [2.45, 2.75) is 53.9 Å². The Hall–Kier alpha value is -2.94. The topological polar surface area (TPSA) is 60.7 Å². The van der Waals surface area contributed by atoms with Gasteiger partial charge in [-0.25, -0.2) is 0 Å². The smallest absolute Gasteiger partial charge is 0.122 e. The van der Waals surface area contributed by atoms with Crippen molar-refractivity contribution in [1.82, 2.24) is 0 Å². The first-order chi connectivity index (χ1) is 13.7. The van der Waals surface area contributed by atoms with Crippen LogP contribution in [0, 0.1) is 27.7 Å². The van der Waals surface area contributed by atoms with E-state index in [1.54, 1.807) is 6.07 Å². The first-order valence-electron chi connectivity index (χ1n) is 10.1. The minimum Gasteiger partial charge on any atom is -0.508 e. The molecule has 0 unspecified atom stereocenters. The van der Waals surface area contributed by atoms with E-state index in [0.29, 0.717) is 30.1 Å². The number of benzene rings is 3. The van der Waals surface area contributed by atoms with Gasteiger partial charge in [-0.2, -0.15) is 0 Å². The van der Waals surface area contributed by atoms with Gasteiger partial charge >= 0.3 is 0 Å². The van der Waals surface area contributed by atoms with Crippen LogP contribution >= 0.6 is 0 Å². The molecule has 0 heterocycles. The highest BCUT2D eigenvalue weighted by Gasteiger charge is 2.14. The van der Waals surface area contributed by atoms with Crippen LogP contribution in [-0.4, -0.2) is 15.3 Å². The molecule has 0 aromatic heterocycles. The summed E-state index contributed by atoms with van der Waals surface area (Å²) in [4.78, 5) is 0. The molecule has 0 fully saturated rings. The molecule has 3 rings (SSSR count). The molecule has 0 atom stereocenters. The van der Waals surface area contributed by atoms with Gasteiger partial charge in [0.25, 0.3) is 0 Å². The molecule has 3 heteroatoms. The van der Waals surface area contributed by atoms with Crippen molar-refractivity contribution in [3.05, 3.63) is 86.5 Å². The maximum Gasteiger partial charge on any atom is 0.122 e. The Morgan fingerprint density at radius 1 is 0.552 bits per heavy atom. The number of hydrogen-bond acceptors (Lipinski definition) is 3. The molecule has 29 heavy (non-hydrogen) atoms. The Morgan fingerprint density at radius 3 is 1.62 bits per heavy atom. The van der Waals surface area contributed by atoms with Gasteiger partial charge in [-0.3, -0.25) is 0 Å². The Bertz CT molecular complexity index is 1060. The summed E-state index contributed by atoms with van der Waals surface area (Å²) >= 11 is 0. The average molecular weight is 391 g/mol. The summed E-state index contributed by atoms with van der Waals surface area (Å²) in [7, 11) is 0. The number of rotatable bonds is 5. The van der Waals surface area contributed by atoms with E-state index in [9.17, 15) is 15.3 Å². The second-order valence-electron chi connectivity index (χ2n) is 8.11. The fourth-order valence-corrected chi connectivity index (χ4v) is 3.93. The molecule has 0 radical (unpaired) electrons. The summed E-state index contributed by atoms with van der Waals surface area (Å²) < 4.78 is 0. The minimum atomic E-state index is 0.301. The van der Waals surface area contributed by atoms with Crippen molar-refractivity contribution in [2.24, 2.45) is 0 Å². The summed E-state index contributed by atoms with van der Waals surface area (Å²) in [6.45, 7) is 9.93. The van der Waals surface area contributed by atoms with Crippen LogP contribution in [-0.2, 0) is 19.3 Å². The molecule has 0 aliphatic rings. The largest absolute Gasteiger partial charge is 0.508 e. The number of phenolic OH excluding ortho intramolecular Hbond substituents is 3. The van der Waals surface area contributed by atoms with Crippen molar-refractivity contribution >= 4 is 0 Å². The summed E-state index contributed by atoms with van der Waals surface area (Å²) in [5, 5.41) is 31.0. The molecule has 0 amide bonds. The van der Waals surface area contributed by atoms with Crippen LogP contribution in [0.5, 0.6) is 17.2 Å². The van der Waals surface area contributed by atoms with Crippen LogP contribution in [0.1, 0.15) is 57.0 Å². The zero-order valence-corrected chi connectivity index (χ0v) is 17.9. The lowest BCUT2D eigenvalue weighted by atomic mass is 9.91. The van der Waals surface area contributed by atoms with E-state index in [1.165, 1.54) is 0 Å². The highest BCUT2D eigenvalue weighted by atomic mass is 16.3. The van der Waals surface area contributed by atoms with E-state index >= 15 is 0 Å². The zero-order valence-electron chi connectivity index (χ0n) is 17.9. The molecule has 152 valence electrons. The molecule has 3 aromatic rings. The molecule has 0 aliphatic carbocycles. The van der Waals surface area contributed by atoms with Gasteiger partial charge in [0.2, 0.25) is 0 Å². The van der Waals surface area contributed by atoms with Crippen LogP contribution in [0.4, 0.5) is 0 Å². The third-order valence-corrected chi connectivity index (χ3v) is 5.75. The van der Waals surface area contributed by atoms with Gasteiger partial charge in [0, 0.05) is 12.8 Å². The van der Waals surface area contributed by atoms with E-state index in [4.69, 9.17) is 0 Å². The maximum absolute atomic E-state index is 11.0. The standard InChI is InChI=1S/C26H30O3/c1-6-19-12-21(17(4)11-25(19)28)14-23-8-15(2)7-22(26(23)29)13-20-9-18(5)24(27)10-16(20)3/h7-12,27-29H,6,13-14H2,1-5H3. The van der Waals surface area contributed by atoms with E-state index in [1.807, 2.05) is 65.0 Å². The summed E-state index contributed by atoms with van der Waals surface area (Å²) in [6.07, 6.45) is 2.00. The van der Waals surface area contributed by atoms with Crippen molar-refractivity contribution in [2.75, 3.05) is 0 Å². The third kappa shape index (κ3) is 4.40. The Balaban J connectivity index is 1.99. The Morgan fingerprint density at radius 2 is 1.07 bits per heavy atom. The SMILES string of the molecule is CCc1cc(Cc2cc(C)cc(Cc3cc(C)c(O)cc3C)c2O)c(C)cc1O. The van der Waals surface area contributed by atoms with Crippen LogP contribution in [0.3, 0.4) is 0 Å². The van der Waals surface area contributed by atoms with Gasteiger partial charge in [0.15, 0.2) is 0 Å². The molecule has 3 N–H and O–H groups in total. The van der Waals surface area contributed by atoms with Gasteiger partial charge in [-0.1, -0.05) is 36.8 Å². The van der Waals surface area contributed by atoms with Gasteiger partial charge in [0.05, 0.1) is 0 Å². The van der Waals surface area contributed by atoms with Gasteiger partial charge < -0.3 is 15.3 Å². The van der Waals surface area contributed by atoms with E-state index < -0.39 is 0 Å². The zero-order chi connectivity index (χ0) is 21.3. The van der Waals surface area contributed by atoms with Gasteiger partial charge in [0.1, 0.15) is 17.2 Å². The van der Waals surface area contributed by atoms with E-state index in [2.05, 4.69) is 0 Å². The maximum atomic E-state index is 11.0. The number of hydrogen-bond donors (Lipinski definition) is 3. The highest BCUT2D eigenvalue weighted by Crippen LogP contribution is 2.32. The lowest BCUT2D eigenvalue weighted by Gasteiger charge is -2.16. The van der Waals surface area contributed by atoms with Crippen LogP contribution in [0.15, 0.2) is 36.4 Å². The molecule has 0 aliphatic heterocycles. The van der Waals surface area contributed by atoms with Gasteiger partial charge in [-0.05, 0) is 90.8 Å². The monoisotopic (exact) mass is 390 g/mol. The van der Waals surface area contributed by atoms with Crippen LogP contribution < -0.4 is 0 Å². The van der Waals surface area contributed by atoms with Gasteiger partial charge in [-0.15, -0.1) is 0 Å². The molecule has 0 saturated carbocycles. The van der Waals surface area contributed by atoms with Crippen LogP contribution in [0.25, 0.3) is 0 Å². The first-order valence-corrected chi connectivity index (χ1v) is 10.1. The number of aromatic hydroxyl groups is 3. The molecular formula is C26H30O3. The predicted octanol–water partition coefficient (Wildman–Crippen LogP) is 5.78. The molecule has 3 nitrogen and oxygen atoms in total. The minimum absolute atomic E-state index is 0.301. The fourth-order valence-electron chi connectivity index (χ4n) is 3.93. The normalized spacial score (nSPS) is 11.1. The van der Waals surface area contributed by atoms with Crippen LogP contribution in [0.2, 0.25) is 0 Å². The lowest BCUT2D eigenvalue weighted by molar-refractivity contribution is 0.463. The van der Waals surface area contributed by atoms with E-state index in [-0.39, 0.29) is 0 Å². The second kappa shape index (κ2) is 8.20. The first kappa shape index (κ1) is 20.8. The summed E-state index contributed by atoms with van der Waals surface area (Å²) in [6, 6.07) is 11.7. The highest BCUT2D eigenvalue weighted by molar-refractivity contribution is 5.51. The third-order valence-electron chi connectivity index (χ3n) is 5.75. The lowest BCUT2D eigenvalue weighted by Crippen LogP contribution is -2.00. The molecule has 0 saturated heterocycles. The van der Waals surface area contributed by atoms with Crippen molar-refractivity contribution in [3.8, 4) is 17.2 Å². The molecule has 0 spiro atoms. The van der Waals surface area contributed by atoms with Crippen molar-refractivity contribution in [3.63, 3.8) is 0 Å². The van der Waals surface area contributed by atoms with E-state index in [0.717, 1.165) is 56.5 Å². The molecule has 0 bridgehead atoms. The number of aryl methyl sites for hydroxylation is 5. The second-order valence-corrected chi connectivity index (χ2v) is 8.11. The molecular weight excluding hydrogens is 360 g/mol. The summed E-state index contributed by atoms with van der Waals surface area (Å²) in [5.41, 5.74) is 8.89. The van der Waals surface area contributed by atoms with Crippen molar-refractivity contribution < 1.29 is 15.3 Å². The Labute approximate surface area is 173 Å². The average Bonchev–Trinajstić information content (AvgIpc) is 2.65. The Kier molecular flexibility index (Phi) is 5.88. The number of phenols is 3. The predicted molar refractivity (Wildman–Crippen MR) is 118 cm³/mol. The van der Waals surface area contributed by atoms with Crippen molar-refractivity contribution in [1.29, 1.82) is 0 Å². The quantitative estimate of drug-likeness (QED) is 0.517.